The minimum Gasteiger partial charge on any atom is -0.466 e. The number of nitrogens with one attached hydrogen (secondary N) is 1. The smallest absolute Gasteiger partial charge is 0.305 e. The number of esters is 1. The van der Waals surface area contributed by atoms with Crippen LogP contribution in [-0.4, -0.2) is 100 Å². The van der Waals surface area contributed by atoms with Crippen LogP contribution in [0.5, 0.6) is 0 Å². The molecule has 66 heavy (non-hydrogen) atoms. The van der Waals surface area contributed by atoms with E-state index in [1.54, 1.807) is 6.08 Å². The topological polar surface area (TPSA) is 175 Å². The summed E-state index contributed by atoms with van der Waals surface area (Å²) in [4.78, 5) is 25.0. The lowest BCUT2D eigenvalue weighted by Crippen LogP contribution is -2.60. The molecule has 7 atom stereocenters. The molecule has 1 fully saturated rings. The second-order valence-corrected chi connectivity index (χ2v) is 18.2. The number of rotatable bonds is 44. The monoisotopic (exact) mass is 932 g/mol. The quantitative estimate of drug-likeness (QED) is 0.0196. The average molecular weight is 932 g/mol. The first-order valence-corrected chi connectivity index (χ1v) is 26.6. The predicted molar refractivity (Wildman–Crippen MR) is 269 cm³/mol. The maximum atomic E-state index is 13.0. The molecule has 1 rings (SSSR count). The molecule has 7 unspecified atom stereocenters. The van der Waals surface area contributed by atoms with Crippen LogP contribution in [0.1, 0.15) is 213 Å². The molecule has 382 valence electrons. The molecule has 0 aromatic heterocycles. The molecule has 1 heterocycles. The molecule has 0 bridgehead atoms. The number of amides is 1. The second kappa shape index (κ2) is 44.8. The van der Waals surface area contributed by atoms with Crippen molar-refractivity contribution in [3.05, 3.63) is 60.8 Å². The van der Waals surface area contributed by atoms with Crippen molar-refractivity contribution in [1.29, 1.82) is 0 Å². The molecule has 1 aliphatic heterocycles. The summed E-state index contributed by atoms with van der Waals surface area (Å²) < 4.78 is 16.6. The van der Waals surface area contributed by atoms with E-state index in [0.717, 1.165) is 77.0 Å². The maximum Gasteiger partial charge on any atom is 0.305 e. The Hall–Kier alpha value is -2.64. The van der Waals surface area contributed by atoms with Crippen molar-refractivity contribution >= 4 is 11.9 Å². The first-order valence-electron chi connectivity index (χ1n) is 26.6. The summed E-state index contributed by atoms with van der Waals surface area (Å²) >= 11 is 0. The van der Waals surface area contributed by atoms with E-state index in [-0.39, 0.29) is 24.9 Å². The molecule has 0 spiro atoms. The Morgan fingerprint density at radius 3 is 1.64 bits per heavy atom. The van der Waals surface area contributed by atoms with Gasteiger partial charge in [-0.25, -0.2) is 0 Å². The molecule has 0 aromatic rings. The zero-order valence-electron chi connectivity index (χ0n) is 41.6. The highest BCUT2D eigenvalue weighted by molar-refractivity contribution is 5.76. The summed E-state index contributed by atoms with van der Waals surface area (Å²) in [5, 5.41) is 54.2. The zero-order chi connectivity index (χ0) is 48.1. The third-order valence-electron chi connectivity index (χ3n) is 12.1. The van der Waals surface area contributed by atoms with Gasteiger partial charge in [-0.3, -0.25) is 9.59 Å². The Balaban J connectivity index is 2.28. The second-order valence-electron chi connectivity index (χ2n) is 18.2. The number of carbonyl (C=O) groups excluding carboxylic acids is 2. The average Bonchev–Trinajstić information content (AvgIpc) is 3.31. The van der Waals surface area contributed by atoms with Gasteiger partial charge in [0.25, 0.3) is 0 Å². The number of allylic oxidation sites excluding steroid dienone is 9. The molecular weight excluding hydrogens is 835 g/mol. The summed E-state index contributed by atoms with van der Waals surface area (Å²) in [7, 11) is 0. The van der Waals surface area contributed by atoms with E-state index in [0.29, 0.717) is 25.9 Å². The van der Waals surface area contributed by atoms with E-state index < -0.39 is 49.5 Å². The molecule has 0 aliphatic carbocycles. The number of carbonyl (C=O) groups is 2. The van der Waals surface area contributed by atoms with Gasteiger partial charge in [0.05, 0.1) is 32.0 Å². The lowest BCUT2D eigenvalue weighted by Gasteiger charge is -2.40. The van der Waals surface area contributed by atoms with Crippen molar-refractivity contribution in [3.63, 3.8) is 0 Å². The molecule has 0 saturated carbocycles. The van der Waals surface area contributed by atoms with Gasteiger partial charge >= 0.3 is 5.97 Å². The van der Waals surface area contributed by atoms with Gasteiger partial charge in [0.2, 0.25) is 5.91 Å². The summed E-state index contributed by atoms with van der Waals surface area (Å²) in [5.74, 6) is -0.321. The van der Waals surface area contributed by atoms with Crippen LogP contribution in [0, 0.1) is 0 Å². The Kier molecular flexibility index (Phi) is 41.7. The molecule has 6 N–H and O–H groups in total. The van der Waals surface area contributed by atoms with E-state index >= 15 is 0 Å². The Labute approximate surface area is 401 Å². The number of aliphatic hydroxyl groups excluding tert-OH is 5. The van der Waals surface area contributed by atoms with Crippen LogP contribution in [0.4, 0.5) is 0 Å². The van der Waals surface area contributed by atoms with E-state index in [2.05, 4.69) is 55.6 Å². The van der Waals surface area contributed by atoms with Gasteiger partial charge in [-0.05, 0) is 77.0 Å². The molecule has 11 nitrogen and oxygen atoms in total. The molecule has 1 aliphatic rings. The largest absolute Gasteiger partial charge is 0.466 e. The van der Waals surface area contributed by atoms with Crippen LogP contribution in [0.2, 0.25) is 0 Å². The number of ether oxygens (including phenoxy) is 3. The van der Waals surface area contributed by atoms with Crippen molar-refractivity contribution in [2.75, 3.05) is 19.8 Å². The van der Waals surface area contributed by atoms with Crippen molar-refractivity contribution in [3.8, 4) is 0 Å². The molecule has 1 amide bonds. The van der Waals surface area contributed by atoms with Gasteiger partial charge in [-0.15, -0.1) is 0 Å². The number of unbranched alkanes of at least 4 members (excludes halogenated alkanes) is 22. The Bertz CT molecular complexity index is 1280. The van der Waals surface area contributed by atoms with E-state index in [9.17, 15) is 35.1 Å². The van der Waals surface area contributed by atoms with Gasteiger partial charge in [0.15, 0.2) is 6.29 Å². The van der Waals surface area contributed by atoms with Crippen molar-refractivity contribution in [2.45, 2.75) is 256 Å². The molecule has 0 aromatic carbocycles. The molecule has 11 heteroatoms. The van der Waals surface area contributed by atoms with E-state index in [4.69, 9.17) is 14.2 Å². The van der Waals surface area contributed by atoms with Gasteiger partial charge in [-0.1, -0.05) is 184 Å². The van der Waals surface area contributed by atoms with Gasteiger partial charge in [0, 0.05) is 12.8 Å². The fraction of sp³-hybridized carbons (Fsp3) is 0.782. The number of hydrogen-bond acceptors (Lipinski definition) is 10. The molecular formula is C55H97NO10. The highest BCUT2D eigenvalue weighted by Gasteiger charge is 2.44. The van der Waals surface area contributed by atoms with Gasteiger partial charge < -0.3 is 45.1 Å². The summed E-state index contributed by atoms with van der Waals surface area (Å²) in [6, 6.07) is -0.879. The Morgan fingerprint density at radius 2 is 1.05 bits per heavy atom. The standard InChI is InChI=1S/C55H97NO10/c1-3-5-7-9-11-13-15-16-18-22-25-29-33-37-41-48(58)47(46-65-55-54(63)53(62)52(61)49(45-57)66-55)56-50(59)42-38-34-30-26-23-19-17-20-24-28-32-36-40-44-64-51(60)43-39-35-31-27-21-14-12-10-8-6-4-2/h13,15,19,22-23,25,30,34,37,41,47-49,52-55,57-58,61-63H,3-12,14,16-18,20-21,24,26-29,31-33,35-36,38-40,42-46H2,1-2H3,(H,56,59)/b15-13+,23-19-,25-22+,34-30-,41-37+. The predicted octanol–water partition coefficient (Wildman–Crippen LogP) is 11.1. The summed E-state index contributed by atoms with van der Waals surface area (Å²) in [5.41, 5.74) is 0. The highest BCUT2D eigenvalue weighted by Crippen LogP contribution is 2.22. The van der Waals surface area contributed by atoms with Crippen molar-refractivity contribution in [1.82, 2.24) is 5.32 Å². The number of hydrogen-bond donors (Lipinski definition) is 6. The minimum atomic E-state index is -1.60. The van der Waals surface area contributed by atoms with Gasteiger partial charge in [-0.2, -0.15) is 0 Å². The first kappa shape index (κ1) is 61.4. The maximum absolute atomic E-state index is 13.0. The lowest BCUT2D eigenvalue weighted by molar-refractivity contribution is -0.302. The normalized spacial score (nSPS) is 20.1. The van der Waals surface area contributed by atoms with Gasteiger partial charge in [0.1, 0.15) is 24.4 Å². The zero-order valence-corrected chi connectivity index (χ0v) is 41.6. The minimum absolute atomic E-state index is 0.0424. The molecule has 1 saturated heterocycles. The molecule has 0 radical (unpaired) electrons. The van der Waals surface area contributed by atoms with Crippen LogP contribution >= 0.6 is 0 Å². The van der Waals surface area contributed by atoms with E-state index in [1.807, 2.05) is 18.2 Å². The third kappa shape index (κ3) is 34.6. The van der Waals surface area contributed by atoms with Crippen molar-refractivity contribution in [2.24, 2.45) is 0 Å². The fourth-order valence-electron chi connectivity index (χ4n) is 7.81. The summed E-state index contributed by atoms with van der Waals surface area (Å²) in [6.45, 7) is 4.18. The number of aliphatic hydroxyl groups is 5. The van der Waals surface area contributed by atoms with Crippen LogP contribution < -0.4 is 5.32 Å². The fourth-order valence-corrected chi connectivity index (χ4v) is 7.81. The van der Waals surface area contributed by atoms with E-state index in [1.165, 1.54) is 96.3 Å². The van der Waals surface area contributed by atoms with Crippen LogP contribution in [-0.2, 0) is 23.8 Å². The first-order chi connectivity index (χ1) is 32.2. The highest BCUT2D eigenvalue weighted by atomic mass is 16.7. The van der Waals surface area contributed by atoms with Crippen LogP contribution in [0.25, 0.3) is 0 Å². The van der Waals surface area contributed by atoms with Crippen LogP contribution in [0.3, 0.4) is 0 Å². The summed E-state index contributed by atoms with van der Waals surface area (Å²) in [6.07, 6.45) is 45.9. The third-order valence-corrected chi connectivity index (χ3v) is 12.1. The SMILES string of the molecule is CCCCCC/C=C/CC/C=C/CC/C=C/C(O)C(COC1OC(CO)C(O)C(O)C1O)NC(=O)CC/C=C\C/C=C\CCCCCCCCOC(=O)CCCCCCCCCCCCC. The van der Waals surface area contributed by atoms with Crippen molar-refractivity contribution < 1.29 is 49.3 Å². The van der Waals surface area contributed by atoms with Crippen LogP contribution in [0.15, 0.2) is 60.8 Å². The lowest BCUT2D eigenvalue weighted by atomic mass is 9.99. The Morgan fingerprint density at radius 1 is 0.561 bits per heavy atom.